The maximum Gasteiger partial charge on any atom is 0.454 e. The summed E-state index contributed by atoms with van der Waals surface area (Å²) in [7, 11) is 5.49. The third-order valence-corrected chi connectivity index (χ3v) is 6.10. The number of aliphatic hydroxyl groups excluding tert-OH is 2. The average Bonchev–Trinajstić information content (AvgIpc) is 3.40. The van der Waals surface area contributed by atoms with Gasteiger partial charge in [0.15, 0.2) is 23.0 Å². The highest BCUT2D eigenvalue weighted by Crippen LogP contribution is 2.42. The number of Topliss-reactive ketones (excluding diaryl/α,β-unsaturated/α-hetero) is 2. The number of alkyl halides is 6. The van der Waals surface area contributed by atoms with Gasteiger partial charge in [0.25, 0.3) is 11.6 Å². The first-order chi connectivity index (χ1) is 18.6. The molecule has 0 bridgehead atoms. The zero-order valence-corrected chi connectivity index (χ0v) is 21.3. The summed E-state index contributed by atoms with van der Waals surface area (Å²) in [5.41, 5.74) is -0.267. The number of ketones is 2. The summed E-state index contributed by atoms with van der Waals surface area (Å²) in [6.07, 6.45) is -10.6. The molecule has 0 spiro atoms. The maximum absolute atomic E-state index is 12.4. The van der Waals surface area contributed by atoms with Crippen LogP contribution in [0.3, 0.4) is 0 Å². The number of ether oxygens (including phenoxy) is 4. The van der Waals surface area contributed by atoms with Crippen molar-refractivity contribution >= 4 is 23.1 Å². The number of carbonyl (C=O) groups is 2. The summed E-state index contributed by atoms with van der Waals surface area (Å²) in [6.45, 7) is 0. The Morgan fingerprint density at radius 1 is 0.600 bits per heavy atom. The Morgan fingerprint density at radius 3 is 1.12 bits per heavy atom. The molecule has 0 radical (unpaired) electrons. The normalized spacial score (nSPS) is 14.2. The van der Waals surface area contributed by atoms with E-state index in [9.17, 15) is 46.1 Å². The maximum atomic E-state index is 12.4. The van der Waals surface area contributed by atoms with Crippen molar-refractivity contribution in [2.75, 3.05) is 28.4 Å². The number of halogens is 6. The van der Waals surface area contributed by atoms with Crippen LogP contribution in [-0.2, 0) is 22.4 Å². The van der Waals surface area contributed by atoms with Gasteiger partial charge in [-0.3, -0.25) is 9.59 Å². The predicted molar refractivity (Wildman–Crippen MR) is 128 cm³/mol. The average molecular weight is 576 g/mol. The van der Waals surface area contributed by atoms with Crippen LogP contribution in [-0.4, -0.2) is 62.6 Å². The van der Waals surface area contributed by atoms with Crippen LogP contribution < -0.4 is 18.9 Å². The number of hydrogen-bond donors (Lipinski definition) is 2. The Bertz CT molecular complexity index is 1310. The molecule has 216 valence electrons. The summed E-state index contributed by atoms with van der Waals surface area (Å²) in [5, 5.41) is 19.6. The summed E-state index contributed by atoms with van der Waals surface area (Å²) in [6, 6.07) is 5.59. The lowest BCUT2D eigenvalue weighted by atomic mass is 10.1. The van der Waals surface area contributed by atoms with E-state index in [1.807, 2.05) is 0 Å². The second kappa shape index (κ2) is 11.0. The quantitative estimate of drug-likeness (QED) is 0.445. The number of benzene rings is 2. The van der Waals surface area contributed by atoms with Crippen LogP contribution >= 0.6 is 0 Å². The summed E-state index contributed by atoms with van der Waals surface area (Å²) < 4.78 is 94.7. The number of aliphatic hydroxyl groups is 2. The van der Waals surface area contributed by atoms with Crippen molar-refractivity contribution in [1.82, 2.24) is 0 Å². The van der Waals surface area contributed by atoms with Crippen LogP contribution in [0.1, 0.15) is 22.3 Å². The lowest BCUT2D eigenvalue weighted by Crippen LogP contribution is -2.25. The fraction of sp³-hybridized carbons (Fsp3) is 0.308. The standard InChI is InChI=1S/2C13H11F3O4/c2*1-19-9-4-6-3-8(12(18)13(14,15)16)11(17)7(6)5-10(9)20-2/h2*4-5,17H,3H2,1-2H3. The number of methoxy groups -OCH3 is 4. The van der Waals surface area contributed by atoms with E-state index in [1.54, 1.807) is 0 Å². The molecule has 2 N–H and O–H groups in total. The van der Waals surface area contributed by atoms with Gasteiger partial charge in [0.05, 0.1) is 39.6 Å². The molecule has 4 rings (SSSR count). The molecule has 0 amide bonds. The van der Waals surface area contributed by atoms with Gasteiger partial charge in [-0.25, -0.2) is 0 Å². The number of rotatable bonds is 6. The molecule has 2 aromatic carbocycles. The first-order valence-corrected chi connectivity index (χ1v) is 11.2. The predicted octanol–water partition coefficient (Wildman–Crippen LogP) is 5.32. The molecule has 0 saturated carbocycles. The third-order valence-electron chi connectivity index (χ3n) is 6.10. The fourth-order valence-corrected chi connectivity index (χ4v) is 4.17. The molecule has 0 unspecified atom stereocenters. The number of carbonyl (C=O) groups excluding carboxylic acids is 2. The Hall–Kier alpha value is -4.36. The Kier molecular flexibility index (Phi) is 8.32. The molecular weight excluding hydrogens is 554 g/mol. The summed E-state index contributed by atoms with van der Waals surface area (Å²) in [4.78, 5) is 22.5. The highest BCUT2D eigenvalue weighted by molar-refractivity contribution is 6.07. The topological polar surface area (TPSA) is 112 Å². The first kappa shape index (κ1) is 30.2. The van der Waals surface area contributed by atoms with Gasteiger partial charge in [-0.2, -0.15) is 26.3 Å². The van der Waals surface area contributed by atoms with Crippen LogP contribution in [0.15, 0.2) is 35.4 Å². The van der Waals surface area contributed by atoms with Gasteiger partial charge < -0.3 is 29.2 Å². The van der Waals surface area contributed by atoms with Crippen LogP contribution in [0.5, 0.6) is 23.0 Å². The summed E-state index contributed by atoms with van der Waals surface area (Å²) in [5.74, 6) is -4.24. The molecule has 40 heavy (non-hydrogen) atoms. The van der Waals surface area contributed by atoms with Crippen LogP contribution in [0, 0.1) is 0 Å². The zero-order chi connectivity index (χ0) is 30.2. The Labute approximate surface area is 223 Å². The van der Waals surface area contributed by atoms with Crippen molar-refractivity contribution in [1.29, 1.82) is 0 Å². The molecule has 0 heterocycles. The van der Waals surface area contributed by atoms with Crippen LogP contribution in [0.25, 0.3) is 11.5 Å². The van der Waals surface area contributed by atoms with E-state index in [1.165, 1.54) is 52.7 Å². The zero-order valence-electron chi connectivity index (χ0n) is 21.3. The monoisotopic (exact) mass is 576 g/mol. The van der Waals surface area contributed by atoms with Crippen molar-refractivity contribution < 1.29 is 65.1 Å². The molecule has 2 aliphatic rings. The Morgan fingerprint density at radius 2 is 0.875 bits per heavy atom. The molecule has 0 saturated heterocycles. The lowest BCUT2D eigenvalue weighted by molar-refractivity contribution is -0.166. The van der Waals surface area contributed by atoms with E-state index < -0.39 is 46.6 Å². The first-order valence-electron chi connectivity index (χ1n) is 11.2. The lowest BCUT2D eigenvalue weighted by Gasteiger charge is -2.10. The number of hydrogen-bond acceptors (Lipinski definition) is 8. The molecular formula is C26H22F6O8. The highest BCUT2D eigenvalue weighted by Gasteiger charge is 2.45. The minimum atomic E-state index is -5.01. The van der Waals surface area contributed by atoms with Gasteiger partial charge in [0.1, 0.15) is 11.5 Å². The van der Waals surface area contributed by atoms with E-state index in [4.69, 9.17) is 18.9 Å². The van der Waals surface area contributed by atoms with Gasteiger partial charge in [-0.05, 0) is 35.4 Å². The Balaban J connectivity index is 0.000000220. The van der Waals surface area contributed by atoms with Gasteiger partial charge >= 0.3 is 12.4 Å². The van der Waals surface area contributed by atoms with Crippen LogP contribution in [0.2, 0.25) is 0 Å². The molecule has 0 aromatic heterocycles. The third kappa shape index (κ3) is 5.65. The summed E-state index contributed by atoms with van der Waals surface area (Å²) >= 11 is 0. The molecule has 14 heteroatoms. The van der Waals surface area contributed by atoms with Gasteiger partial charge in [0, 0.05) is 24.0 Å². The van der Waals surface area contributed by atoms with Gasteiger partial charge in [-0.1, -0.05) is 0 Å². The van der Waals surface area contributed by atoms with E-state index >= 15 is 0 Å². The molecule has 2 aromatic rings. The molecule has 0 fully saturated rings. The molecule has 0 aliphatic heterocycles. The molecule has 2 aliphatic carbocycles. The fourth-order valence-electron chi connectivity index (χ4n) is 4.17. The molecule has 0 atom stereocenters. The van der Waals surface area contributed by atoms with E-state index in [0.29, 0.717) is 22.6 Å². The van der Waals surface area contributed by atoms with Crippen molar-refractivity contribution in [2.24, 2.45) is 0 Å². The van der Waals surface area contributed by atoms with Gasteiger partial charge in [0.2, 0.25) is 0 Å². The van der Waals surface area contributed by atoms with Gasteiger partial charge in [-0.15, -0.1) is 0 Å². The van der Waals surface area contributed by atoms with E-state index in [-0.39, 0.29) is 35.5 Å². The van der Waals surface area contributed by atoms with Crippen molar-refractivity contribution in [3.63, 3.8) is 0 Å². The second-order valence-electron chi connectivity index (χ2n) is 8.39. The van der Waals surface area contributed by atoms with Crippen molar-refractivity contribution in [2.45, 2.75) is 25.2 Å². The molecule has 8 nitrogen and oxygen atoms in total. The largest absolute Gasteiger partial charge is 0.507 e. The number of allylic oxidation sites excluding steroid dienone is 2. The second-order valence-corrected chi connectivity index (χ2v) is 8.39. The minimum Gasteiger partial charge on any atom is -0.507 e. The van der Waals surface area contributed by atoms with Crippen LogP contribution in [0.4, 0.5) is 26.3 Å². The SMILES string of the molecule is COc1cc2c(cc1OC)C(O)=C(C(=O)C(F)(F)F)C2.COc1cc2c(cc1OC)C(O)=C(C(=O)C(F)(F)F)C2. The van der Waals surface area contributed by atoms with Crippen molar-refractivity contribution in [3.8, 4) is 23.0 Å². The number of fused-ring (bicyclic) bond motifs is 2. The van der Waals surface area contributed by atoms with Crippen molar-refractivity contribution in [3.05, 3.63) is 57.7 Å². The smallest absolute Gasteiger partial charge is 0.454 e. The highest BCUT2D eigenvalue weighted by atomic mass is 19.4. The van der Waals surface area contributed by atoms with E-state index in [0.717, 1.165) is 0 Å². The minimum absolute atomic E-state index is 0.148. The van der Waals surface area contributed by atoms with E-state index in [2.05, 4.69) is 0 Å².